The molecule has 3 aromatic rings. The van der Waals surface area contributed by atoms with E-state index in [1.54, 1.807) is 30.3 Å². The van der Waals surface area contributed by atoms with Gasteiger partial charge in [0.2, 0.25) is 0 Å². The number of nitrogens with two attached hydrogens (primary N) is 1. The zero-order valence-corrected chi connectivity index (χ0v) is 14.8. The SMILES string of the molecule is CC(C)C[C@H](N)C(=O)Oc1ccc2c(c1)oc(=O)c1ccccc12.Cl. The van der Waals surface area contributed by atoms with Gasteiger partial charge in [-0.05, 0) is 35.9 Å². The van der Waals surface area contributed by atoms with E-state index in [1.165, 1.54) is 0 Å². The fourth-order valence-corrected chi connectivity index (χ4v) is 2.72. The fraction of sp³-hybridized carbons (Fsp3) is 0.263. The normalized spacial score (nSPS) is 12.2. The molecule has 1 atom stereocenters. The summed E-state index contributed by atoms with van der Waals surface area (Å²) in [6.07, 6.45) is 0.548. The molecule has 0 aliphatic carbocycles. The Bertz CT molecular complexity index is 964. The van der Waals surface area contributed by atoms with Gasteiger partial charge >= 0.3 is 11.6 Å². The third-order valence-corrected chi connectivity index (χ3v) is 3.84. The molecule has 0 radical (unpaired) electrons. The number of carbonyl (C=O) groups excluding carboxylic acids is 1. The van der Waals surface area contributed by atoms with E-state index in [2.05, 4.69) is 0 Å². The smallest absolute Gasteiger partial charge is 0.344 e. The van der Waals surface area contributed by atoms with E-state index in [-0.39, 0.29) is 12.4 Å². The van der Waals surface area contributed by atoms with Gasteiger partial charge < -0.3 is 14.9 Å². The van der Waals surface area contributed by atoms with Gasteiger partial charge in [-0.1, -0.05) is 32.0 Å². The summed E-state index contributed by atoms with van der Waals surface area (Å²) in [7, 11) is 0. The van der Waals surface area contributed by atoms with Gasteiger partial charge in [-0.2, -0.15) is 0 Å². The molecule has 2 aromatic carbocycles. The summed E-state index contributed by atoms with van der Waals surface area (Å²) in [4.78, 5) is 24.1. The van der Waals surface area contributed by atoms with Crippen LogP contribution in [0.2, 0.25) is 0 Å². The Hall–Kier alpha value is -2.37. The zero-order chi connectivity index (χ0) is 17.3. The number of rotatable bonds is 4. The molecule has 6 heteroatoms. The summed E-state index contributed by atoms with van der Waals surface area (Å²) in [5, 5.41) is 2.11. The second kappa shape index (κ2) is 7.68. The molecule has 0 unspecified atom stereocenters. The summed E-state index contributed by atoms with van der Waals surface area (Å²) >= 11 is 0. The van der Waals surface area contributed by atoms with E-state index in [4.69, 9.17) is 14.9 Å². The summed E-state index contributed by atoms with van der Waals surface area (Å²) in [5.74, 6) is 0.116. The maximum absolute atomic E-state index is 12.1. The van der Waals surface area contributed by atoms with Gasteiger partial charge in [-0.25, -0.2) is 9.59 Å². The molecule has 0 saturated heterocycles. The van der Waals surface area contributed by atoms with Gasteiger partial charge in [0.15, 0.2) is 0 Å². The van der Waals surface area contributed by atoms with Crippen molar-refractivity contribution in [3.63, 3.8) is 0 Å². The van der Waals surface area contributed by atoms with Crippen molar-refractivity contribution in [1.29, 1.82) is 0 Å². The third-order valence-electron chi connectivity index (χ3n) is 3.84. The maximum atomic E-state index is 12.1. The molecule has 0 bridgehead atoms. The molecule has 25 heavy (non-hydrogen) atoms. The monoisotopic (exact) mass is 361 g/mol. The zero-order valence-electron chi connectivity index (χ0n) is 14.0. The van der Waals surface area contributed by atoms with Gasteiger partial charge in [0, 0.05) is 11.5 Å². The lowest BCUT2D eigenvalue weighted by Gasteiger charge is -2.13. The molecule has 0 amide bonds. The Balaban J connectivity index is 0.00000225. The topological polar surface area (TPSA) is 82.5 Å². The summed E-state index contributed by atoms with van der Waals surface area (Å²) in [5.41, 5.74) is 5.79. The Labute approximate surface area is 151 Å². The lowest BCUT2D eigenvalue weighted by atomic mass is 10.0. The predicted octanol–water partition coefficient (Wildman–Crippen LogP) is 3.65. The van der Waals surface area contributed by atoms with Crippen LogP contribution in [0, 0.1) is 5.92 Å². The second-order valence-corrected chi connectivity index (χ2v) is 6.25. The van der Waals surface area contributed by atoms with Crippen LogP contribution in [0.3, 0.4) is 0 Å². The van der Waals surface area contributed by atoms with Crippen LogP contribution in [0.25, 0.3) is 21.7 Å². The number of benzene rings is 2. The standard InChI is InChI=1S/C19H19NO4.ClH/c1-11(2)9-16(20)19(22)23-12-7-8-14-13-5-3-4-6-15(13)18(21)24-17(14)10-12;/h3-8,10-11,16H,9,20H2,1-2H3;1H/t16-;/m0./s1. The molecular weight excluding hydrogens is 342 g/mol. The van der Waals surface area contributed by atoms with Crippen LogP contribution < -0.4 is 16.1 Å². The van der Waals surface area contributed by atoms with Crippen LogP contribution in [0.1, 0.15) is 20.3 Å². The van der Waals surface area contributed by atoms with Crippen LogP contribution in [0.15, 0.2) is 51.7 Å². The first-order chi connectivity index (χ1) is 11.5. The van der Waals surface area contributed by atoms with E-state index in [0.717, 1.165) is 10.8 Å². The molecule has 2 N–H and O–H groups in total. The van der Waals surface area contributed by atoms with Crippen molar-refractivity contribution < 1.29 is 13.9 Å². The van der Waals surface area contributed by atoms with Crippen molar-refractivity contribution in [1.82, 2.24) is 0 Å². The number of fused-ring (bicyclic) bond motifs is 3. The lowest BCUT2D eigenvalue weighted by molar-refractivity contribution is -0.136. The molecule has 0 spiro atoms. The lowest BCUT2D eigenvalue weighted by Crippen LogP contribution is -2.35. The molecule has 3 rings (SSSR count). The van der Waals surface area contributed by atoms with Crippen molar-refractivity contribution in [3.8, 4) is 5.75 Å². The first-order valence-corrected chi connectivity index (χ1v) is 7.88. The summed E-state index contributed by atoms with van der Waals surface area (Å²) < 4.78 is 10.7. The summed E-state index contributed by atoms with van der Waals surface area (Å²) in [6.45, 7) is 3.98. The molecule has 0 fully saturated rings. The molecular formula is C19H20ClNO4. The Morgan fingerprint density at radius 1 is 1.12 bits per heavy atom. The highest BCUT2D eigenvalue weighted by atomic mass is 35.5. The Morgan fingerprint density at radius 3 is 2.48 bits per heavy atom. The van der Waals surface area contributed by atoms with E-state index in [9.17, 15) is 9.59 Å². The highest BCUT2D eigenvalue weighted by Gasteiger charge is 2.18. The second-order valence-electron chi connectivity index (χ2n) is 6.25. The van der Waals surface area contributed by atoms with Crippen LogP contribution in [-0.4, -0.2) is 12.0 Å². The van der Waals surface area contributed by atoms with Crippen molar-refractivity contribution >= 4 is 40.1 Å². The molecule has 5 nitrogen and oxygen atoms in total. The highest BCUT2D eigenvalue weighted by molar-refractivity contribution is 6.04. The maximum Gasteiger partial charge on any atom is 0.344 e. The number of halogens is 1. The van der Waals surface area contributed by atoms with Gasteiger partial charge in [0.25, 0.3) is 0 Å². The van der Waals surface area contributed by atoms with Crippen LogP contribution in [0.4, 0.5) is 0 Å². The largest absolute Gasteiger partial charge is 0.425 e. The molecule has 0 aliphatic rings. The average molecular weight is 362 g/mol. The highest BCUT2D eigenvalue weighted by Crippen LogP contribution is 2.26. The molecule has 0 saturated carbocycles. The van der Waals surface area contributed by atoms with Gasteiger partial charge in [0.1, 0.15) is 17.4 Å². The number of hydrogen-bond acceptors (Lipinski definition) is 5. The fourth-order valence-electron chi connectivity index (χ4n) is 2.72. The Kier molecular flexibility index (Phi) is 5.82. The molecule has 1 aromatic heterocycles. The number of esters is 1. The number of ether oxygens (including phenoxy) is 1. The van der Waals surface area contributed by atoms with E-state index >= 15 is 0 Å². The molecule has 1 heterocycles. The van der Waals surface area contributed by atoms with Crippen LogP contribution >= 0.6 is 12.4 Å². The first-order valence-electron chi connectivity index (χ1n) is 7.88. The average Bonchev–Trinajstić information content (AvgIpc) is 2.54. The molecule has 132 valence electrons. The van der Waals surface area contributed by atoms with Gasteiger partial charge in [-0.3, -0.25) is 0 Å². The minimum absolute atomic E-state index is 0. The minimum Gasteiger partial charge on any atom is -0.425 e. The summed E-state index contributed by atoms with van der Waals surface area (Å²) in [6, 6.07) is 11.6. The van der Waals surface area contributed by atoms with Crippen LogP contribution in [0.5, 0.6) is 5.75 Å². The van der Waals surface area contributed by atoms with Crippen molar-refractivity contribution in [2.75, 3.05) is 0 Å². The molecule has 0 aliphatic heterocycles. The van der Waals surface area contributed by atoms with Crippen molar-refractivity contribution in [3.05, 3.63) is 52.9 Å². The van der Waals surface area contributed by atoms with Crippen molar-refractivity contribution in [2.45, 2.75) is 26.3 Å². The quantitative estimate of drug-likeness (QED) is 0.332. The predicted molar refractivity (Wildman–Crippen MR) is 100 cm³/mol. The number of carbonyl (C=O) groups is 1. The Morgan fingerprint density at radius 2 is 1.80 bits per heavy atom. The van der Waals surface area contributed by atoms with E-state index < -0.39 is 17.6 Å². The van der Waals surface area contributed by atoms with Gasteiger partial charge in [0.05, 0.1) is 5.39 Å². The van der Waals surface area contributed by atoms with Crippen LogP contribution in [-0.2, 0) is 4.79 Å². The minimum atomic E-state index is -0.677. The van der Waals surface area contributed by atoms with Crippen molar-refractivity contribution in [2.24, 2.45) is 11.7 Å². The first kappa shape index (κ1) is 19.0. The van der Waals surface area contributed by atoms with E-state index in [0.29, 0.717) is 29.1 Å². The van der Waals surface area contributed by atoms with Gasteiger partial charge in [-0.15, -0.1) is 12.4 Å². The van der Waals surface area contributed by atoms with E-state index in [1.807, 2.05) is 26.0 Å². The third kappa shape index (κ3) is 4.00. The number of hydrogen-bond donors (Lipinski definition) is 1.